The van der Waals surface area contributed by atoms with Crippen LogP contribution in [0.5, 0.6) is 0 Å². The Morgan fingerprint density at radius 2 is 1.84 bits per heavy atom. The first-order valence-electron chi connectivity index (χ1n) is 10.2. The molecule has 8 heteroatoms. The monoisotopic (exact) mass is 441 g/mol. The maximum Gasteiger partial charge on any atom is 0.227 e. The van der Waals surface area contributed by atoms with Gasteiger partial charge in [0.2, 0.25) is 11.8 Å². The number of nitrogens with zero attached hydrogens (tertiary/aromatic N) is 3. The van der Waals surface area contributed by atoms with E-state index in [2.05, 4.69) is 4.98 Å². The van der Waals surface area contributed by atoms with Crippen LogP contribution in [0.25, 0.3) is 0 Å². The molecule has 1 aromatic heterocycles. The molecular weight excluding hydrogens is 414 g/mol. The maximum atomic E-state index is 13.2. The normalized spacial score (nSPS) is 16.8. The Bertz CT molecular complexity index is 1090. The van der Waals surface area contributed by atoms with Gasteiger partial charge in [-0.1, -0.05) is 17.7 Å². The van der Waals surface area contributed by atoms with Gasteiger partial charge in [-0.25, -0.2) is 8.42 Å². The highest BCUT2D eigenvalue weighted by Gasteiger charge is 2.31. The summed E-state index contributed by atoms with van der Waals surface area (Å²) in [4.78, 5) is 32.6. The molecule has 0 saturated carbocycles. The number of carbonyl (C=O) groups excluding carboxylic acids is 2. The lowest BCUT2D eigenvalue weighted by atomic mass is 10.1. The zero-order valence-corrected chi connectivity index (χ0v) is 18.8. The Balaban J connectivity index is 1.74. The van der Waals surface area contributed by atoms with E-state index in [0.29, 0.717) is 18.7 Å². The van der Waals surface area contributed by atoms with Crippen LogP contribution in [-0.4, -0.2) is 43.6 Å². The molecule has 2 aromatic rings. The van der Waals surface area contributed by atoms with E-state index in [1.54, 1.807) is 28.3 Å². The number of carbonyl (C=O) groups is 2. The average Bonchev–Trinajstić information content (AvgIpc) is 3.07. The zero-order valence-electron chi connectivity index (χ0n) is 18.0. The number of amides is 2. The lowest BCUT2D eigenvalue weighted by molar-refractivity contribution is -0.119. The molecular formula is C23H27N3O4S. The summed E-state index contributed by atoms with van der Waals surface area (Å²) in [5.74, 6) is -0.424. The van der Waals surface area contributed by atoms with E-state index in [1.807, 2.05) is 44.2 Å². The Kier molecular flexibility index (Phi) is 6.90. The molecule has 1 aliphatic rings. The molecule has 2 amide bonds. The molecule has 31 heavy (non-hydrogen) atoms. The first-order valence-corrected chi connectivity index (χ1v) is 11.9. The molecule has 1 aromatic carbocycles. The van der Waals surface area contributed by atoms with Gasteiger partial charge >= 0.3 is 0 Å². The first-order chi connectivity index (χ1) is 14.7. The predicted octanol–water partition coefficient (Wildman–Crippen LogP) is 3.18. The Hall–Kier alpha value is -3.00. The number of aromatic nitrogens is 1. The van der Waals surface area contributed by atoms with Crippen LogP contribution in [0.15, 0.2) is 54.2 Å². The predicted molar refractivity (Wildman–Crippen MR) is 122 cm³/mol. The third kappa shape index (κ3) is 5.58. The molecule has 2 heterocycles. The molecule has 0 saturated heterocycles. The van der Waals surface area contributed by atoms with Gasteiger partial charge in [0.25, 0.3) is 0 Å². The fraction of sp³-hybridized carbons (Fsp3) is 0.348. The van der Waals surface area contributed by atoms with Gasteiger partial charge in [0.1, 0.15) is 0 Å². The second kappa shape index (κ2) is 9.43. The lowest BCUT2D eigenvalue weighted by Crippen LogP contribution is -2.41. The molecule has 0 aliphatic carbocycles. The van der Waals surface area contributed by atoms with E-state index < -0.39 is 15.9 Å². The second-order valence-electron chi connectivity index (χ2n) is 7.76. The molecule has 1 aliphatic heterocycles. The topological polar surface area (TPSA) is 87.7 Å². The molecule has 0 N–H and O–H groups in total. The van der Waals surface area contributed by atoms with Gasteiger partial charge in [-0.2, -0.15) is 0 Å². The third-order valence-corrected chi connectivity index (χ3v) is 6.66. The average molecular weight is 442 g/mol. The van der Waals surface area contributed by atoms with E-state index in [-0.39, 0.29) is 24.0 Å². The van der Waals surface area contributed by atoms with Crippen molar-refractivity contribution in [3.05, 3.63) is 65.3 Å². The molecule has 1 atom stereocenters. The lowest BCUT2D eigenvalue weighted by Gasteiger charge is -2.28. The minimum atomic E-state index is -3.31. The van der Waals surface area contributed by atoms with Gasteiger partial charge in [-0.15, -0.1) is 0 Å². The number of rotatable bonds is 7. The highest BCUT2D eigenvalue weighted by molar-refractivity contribution is 7.94. The number of hydrogen-bond donors (Lipinski definition) is 0. The van der Waals surface area contributed by atoms with Gasteiger partial charge in [-0.3, -0.25) is 14.6 Å². The van der Waals surface area contributed by atoms with Gasteiger partial charge in [0, 0.05) is 37.2 Å². The first kappa shape index (κ1) is 22.7. The van der Waals surface area contributed by atoms with Crippen LogP contribution in [0.2, 0.25) is 0 Å². The number of aryl methyl sites for hydroxylation is 2. The fourth-order valence-corrected chi connectivity index (χ4v) is 4.91. The van der Waals surface area contributed by atoms with E-state index >= 15 is 0 Å². The van der Waals surface area contributed by atoms with Gasteiger partial charge in [0.15, 0.2) is 9.84 Å². The molecule has 1 unspecified atom stereocenters. The van der Waals surface area contributed by atoms with E-state index in [4.69, 9.17) is 0 Å². The Labute approximate surface area is 183 Å². The highest BCUT2D eigenvalue weighted by Crippen LogP contribution is 2.25. The summed E-state index contributed by atoms with van der Waals surface area (Å²) in [5.41, 5.74) is 3.37. The standard InChI is InChI=1S/C23H27N3O4S/c1-17-6-8-20(9-7-17)26(21-11-14-31(29,30)16-21)23(28)5-4-13-25(19(3)27)22-15-24-12-10-18(22)2/h6-12,14-15,21H,4-5,13,16H2,1-3H3. The molecule has 3 rings (SSSR count). The van der Waals surface area contributed by atoms with Gasteiger partial charge in [-0.05, 0) is 50.1 Å². The van der Waals surface area contributed by atoms with Crippen molar-refractivity contribution in [2.45, 2.75) is 39.7 Å². The minimum absolute atomic E-state index is 0.122. The number of hydrogen-bond acceptors (Lipinski definition) is 5. The fourth-order valence-electron chi connectivity index (χ4n) is 3.64. The summed E-state index contributed by atoms with van der Waals surface area (Å²) < 4.78 is 23.9. The van der Waals surface area contributed by atoms with Crippen molar-refractivity contribution in [2.75, 3.05) is 22.1 Å². The van der Waals surface area contributed by atoms with Crippen LogP contribution in [0, 0.1) is 13.8 Å². The van der Waals surface area contributed by atoms with Crippen LogP contribution >= 0.6 is 0 Å². The van der Waals surface area contributed by atoms with Crippen LogP contribution in [-0.2, 0) is 19.4 Å². The quantitative estimate of drug-likeness (QED) is 0.659. The van der Waals surface area contributed by atoms with E-state index in [0.717, 1.165) is 16.8 Å². The molecule has 0 fully saturated rings. The Morgan fingerprint density at radius 1 is 1.13 bits per heavy atom. The van der Waals surface area contributed by atoms with Crippen LogP contribution in [0.3, 0.4) is 0 Å². The van der Waals surface area contributed by atoms with Crippen LogP contribution in [0.4, 0.5) is 11.4 Å². The van der Waals surface area contributed by atoms with Crippen LogP contribution < -0.4 is 9.80 Å². The largest absolute Gasteiger partial charge is 0.311 e. The Morgan fingerprint density at radius 3 is 2.42 bits per heavy atom. The SMILES string of the molecule is CC(=O)N(CCCC(=O)N(c1ccc(C)cc1)C1C=CS(=O)(=O)C1)c1cnccc1C. The van der Waals surface area contributed by atoms with Crippen molar-refractivity contribution in [2.24, 2.45) is 0 Å². The summed E-state index contributed by atoms with van der Waals surface area (Å²) in [6, 6.07) is 8.74. The molecule has 0 spiro atoms. The number of pyridine rings is 1. The molecule has 0 radical (unpaired) electrons. The molecule has 0 bridgehead atoms. The summed E-state index contributed by atoms with van der Waals surface area (Å²) >= 11 is 0. The summed E-state index contributed by atoms with van der Waals surface area (Å²) in [5, 5.41) is 1.18. The maximum absolute atomic E-state index is 13.2. The van der Waals surface area contributed by atoms with Crippen molar-refractivity contribution in [3.63, 3.8) is 0 Å². The van der Waals surface area contributed by atoms with Crippen LogP contribution in [0.1, 0.15) is 30.9 Å². The summed E-state index contributed by atoms with van der Waals surface area (Å²) in [7, 11) is -3.31. The number of sulfone groups is 1. The second-order valence-corrected chi connectivity index (χ2v) is 9.69. The highest BCUT2D eigenvalue weighted by atomic mass is 32.2. The van der Waals surface area contributed by atoms with Crippen molar-refractivity contribution < 1.29 is 18.0 Å². The summed E-state index contributed by atoms with van der Waals surface area (Å²) in [6.07, 6.45) is 5.50. The minimum Gasteiger partial charge on any atom is -0.311 e. The van der Waals surface area contributed by atoms with E-state index in [9.17, 15) is 18.0 Å². The van der Waals surface area contributed by atoms with E-state index in [1.165, 1.54) is 12.3 Å². The zero-order chi connectivity index (χ0) is 22.6. The third-order valence-electron chi connectivity index (χ3n) is 5.28. The van der Waals surface area contributed by atoms with Gasteiger partial charge < -0.3 is 9.80 Å². The molecule has 164 valence electrons. The number of anilines is 2. The smallest absolute Gasteiger partial charge is 0.227 e. The van der Waals surface area contributed by atoms with Gasteiger partial charge in [0.05, 0.1) is 23.7 Å². The molecule has 7 nitrogen and oxygen atoms in total. The van der Waals surface area contributed by atoms with Crippen molar-refractivity contribution >= 4 is 33.0 Å². The van der Waals surface area contributed by atoms with Crippen molar-refractivity contribution in [1.82, 2.24) is 4.98 Å². The van der Waals surface area contributed by atoms with Crippen molar-refractivity contribution in [3.8, 4) is 0 Å². The summed E-state index contributed by atoms with van der Waals surface area (Å²) in [6.45, 7) is 5.71. The van der Waals surface area contributed by atoms with Crippen molar-refractivity contribution in [1.29, 1.82) is 0 Å². The number of benzene rings is 1.